The first kappa shape index (κ1) is 13.1. The minimum Gasteiger partial charge on any atom is -0.493 e. The molecule has 5 nitrogen and oxygen atoms in total. The quantitative estimate of drug-likeness (QED) is 0.869. The van der Waals surface area contributed by atoms with E-state index < -0.39 is 0 Å². The molecule has 0 saturated carbocycles. The molecule has 0 spiro atoms. The third-order valence-corrected chi connectivity index (χ3v) is 2.50. The van der Waals surface area contributed by atoms with Gasteiger partial charge in [0.1, 0.15) is 17.4 Å². The van der Waals surface area contributed by atoms with Crippen molar-refractivity contribution in [3.63, 3.8) is 0 Å². The Bertz CT molecular complexity index is 551. The number of aromatic nitrogens is 2. The average Bonchev–Trinajstić information content (AvgIpc) is 2.78. The zero-order valence-electron chi connectivity index (χ0n) is 10.4. The summed E-state index contributed by atoms with van der Waals surface area (Å²) in [6.07, 6.45) is 1.83. The lowest BCUT2D eigenvalue weighted by atomic mass is 10.3. The van der Waals surface area contributed by atoms with Crippen LogP contribution in [0.3, 0.4) is 0 Å². The Balaban J connectivity index is 1.75. The van der Waals surface area contributed by atoms with E-state index in [2.05, 4.69) is 15.5 Å². The summed E-state index contributed by atoms with van der Waals surface area (Å²) < 4.78 is 18.0. The smallest absolute Gasteiger partial charge is 0.228 e. The van der Waals surface area contributed by atoms with Gasteiger partial charge in [-0.15, -0.1) is 0 Å². The van der Waals surface area contributed by atoms with Crippen LogP contribution in [-0.4, -0.2) is 22.7 Å². The average molecular weight is 263 g/mol. The maximum Gasteiger partial charge on any atom is 0.228 e. The summed E-state index contributed by atoms with van der Waals surface area (Å²) in [4.78, 5) is 11.6. The molecule has 6 heteroatoms. The number of anilines is 1. The molecule has 0 atom stereocenters. The molecule has 1 aromatic heterocycles. The first-order chi connectivity index (χ1) is 9.15. The third-order valence-electron chi connectivity index (χ3n) is 2.50. The van der Waals surface area contributed by atoms with E-state index in [-0.39, 0.29) is 24.8 Å². The van der Waals surface area contributed by atoms with Gasteiger partial charge in [-0.25, -0.2) is 4.39 Å². The highest BCUT2D eigenvalue weighted by Gasteiger charge is 2.06. The minimum absolute atomic E-state index is 0.172. The number of carbonyl (C=O) groups is 1. The van der Waals surface area contributed by atoms with Crippen LogP contribution in [0.5, 0.6) is 5.75 Å². The molecule has 1 aromatic carbocycles. The summed E-state index contributed by atoms with van der Waals surface area (Å²) in [5.41, 5.74) is 0.868. The predicted octanol–water partition coefficient (Wildman–Crippen LogP) is 2.26. The summed E-state index contributed by atoms with van der Waals surface area (Å²) in [6.45, 7) is 2.07. The highest BCUT2D eigenvalue weighted by molar-refractivity contribution is 5.90. The number of ether oxygens (including phenoxy) is 1. The molecule has 0 bridgehead atoms. The topological polar surface area (TPSA) is 67.0 Å². The fourth-order valence-corrected chi connectivity index (χ4v) is 1.47. The molecule has 19 heavy (non-hydrogen) atoms. The van der Waals surface area contributed by atoms with Crippen molar-refractivity contribution in [2.45, 2.75) is 13.3 Å². The fraction of sp³-hybridized carbons (Fsp3) is 0.231. The van der Waals surface area contributed by atoms with Crippen LogP contribution < -0.4 is 10.1 Å². The van der Waals surface area contributed by atoms with E-state index in [1.54, 1.807) is 6.20 Å². The van der Waals surface area contributed by atoms with Gasteiger partial charge in [0.2, 0.25) is 5.91 Å². The number of H-pyrrole nitrogens is 1. The number of aromatic amines is 1. The Morgan fingerprint density at radius 3 is 2.79 bits per heavy atom. The summed E-state index contributed by atoms with van der Waals surface area (Å²) >= 11 is 0. The normalized spacial score (nSPS) is 10.2. The molecule has 0 aliphatic heterocycles. The van der Waals surface area contributed by atoms with Crippen molar-refractivity contribution in [3.8, 4) is 5.75 Å². The summed E-state index contributed by atoms with van der Waals surface area (Å²) in [5, 5.41) is 9.18. The zero-order chi connectivity index (χ0) is 13.7. The molecule has 0 aliphatic rings. The Kier molecular flexibility index (Phi) is 4.12. The third kappa shape index (κ3) is 3.80. The number of aryl methyl sites for hydroxylation is 1. The molecule has 1 heterocycles. The number of hydrogen-bond donors (Lipinski definition) is 2. The monoisotopic (exact) mass is 263 g/mol. The SMILES string of the molecule is Cc1cn[nH]c1NC(=O)CCOc1ccc(F)cc1. The van der Waals surface area contributed by atoms with Crippen molar-refractivity contribution < 1.29 is 13.9 Å². The van der Waals surface area contributed by atoms with Gasteiger partial charge in [0.15, 0.2) is 0 Å². The number of carbonyl (C=O) groups excluding carboxylic acids is 1. The number of halogens is 1. The van der Waals surface area contributed by atoms with Gasteiger partial charge in [0.05, 0.1) is 19.2 Å². The number of rotatable bonds is 5. The fourth-order valence-electron chi connectivity index (χ4n) is 1.47. The standard InChI is InChI=1S/C13H14FN3O2/c1-9-8-15-17-13(9)16-12(18)6-7-19-11-4-2-10(14)3-5-11/h2-5,8H,6-7H2,1H3,(H2,15,16,17,18). The molecule has 0 unspecified atom stereocenters. The van der Waals surface area contributed by atoms with E-state index in [4.69, 9.17) is 4.74 Å². The highest BCUT2D eigenvalue weighted by atomic mass is 19.1. The van der Waals surface area contributed by atoms with Gasteiger partial charge in [-0.1, -0.05) is 0 Å². The van der Waals surface area contributed by atoms with Crippen LogP contribution in [-0.2, 0) is 4.79 Å². The maximum atomic E-state index is 12.7. The lowest BCUT2D eigenvalue weighted by molar-refractivity contribution is -0.116. The van der Waals surface area contributed by atoms with Crippen molar-refractivity contribution in [2.24, 2.45) is 0 Å². The van der Waals surface area contributed by atoms with Crippen molar-refractivity contribution in [1.29, 1.82) is 0 Å². The lowest BCUT2D eigenvalue weighted by Gasteiger charge is -2.06. The van der Waals surface area contributed by atoms with E-state index in [0.29, 0.717) is 11.6 Å². The molecule has 0 aliphatic carbocycles. The van der Waals surface area contributed by atoms with E-state index in [1.165, 1.54) is 24.3 Å². The maximum absolute atomic E-state index is 12.7. The Labute approximate surface area is 109 Å². The summed E-state index contributed by atoms with van der Waals surface area (Å²) in [7, 11) is 0. The van der Waals surface area contributed by atoms with Crippen molar-refractivity contribution in [3.05, 3.63) is 41.8 Å². The molecule has 100 valence electrons. The van der Waals surface area contributed by atoms with Crippen LogP contribution in [0.4, 0.5) is 10.2 Å². The predicted molar refractivity (Wildman–Crippen MR) is 68.5 cm³/mol. The highest BCUT2D eigenvalue weighted by Crippen LogP contribution is 2.12. The van der Waals surface area contributed by atoms with Gasteiger partial charge in [0.25, 0.3) is 0 Å². The lowest BCUT2D eigenvalue weighted by Crippen LogP contribution is -2.16. The number of benzene rings is 1. The largest absolute Gasteiger partial charge is 0.493 e. The van der Waals surface area contributed by atoms with Gasteiger partial charge < -0.3 is 10.1 Å². The van der Waals surface area contributed by atoms with Gasteiger partial charge in [-0.2, -0.15) is 5.10 Å². The Hall–Kier alpha value is -2.37. The molecule has 2 rings (SSSR count). The van der Waals surface area contributed by atoms with Gasteiger partial charge in [0, 0.05) is 5.56 Å². The van der Waals surface area contributed by atoms with Crippen molar-refractivity contribution >= 4 is 11.7 Å². The minimum atomic E-state index is -0.320. The van der Waals surface area contributed by atoms with Crippen molar-refractivity contribution in [1.82, 2.24) is 10.2 Å². The molecule has 0 saturated heterocycles. The van der Waals surface area contributed by atoms with Gasteiger partial charge in [-0.05, 0) is 31.2 Å². The van der Waals surface area contributed by atoms with Crippen LogP contribution in [0.15, 0.2) is 30.5 Å². The number of nitrogens with zero attached hydrogens (tertiary/aromatic N) is 1. The zero-order valence-corrected chi connectivity index (χ0v) is 10.4. The van der Waals surface area contributed by atoms with E-state index in [0.717, 1.165) is 5.56 Å². The molecular formula is C13H14FN3O2. The second-order valence-electron chi connectivity index (χ2n) is 4.03. The van der Waals surface area contributed by atoms with Gasteiger partial charge >= 0.3 is 0 Å². The second kappa shape index (κ2) is 5.99. The Morgan fingerprint density at radius 2 is 2.16 bits per heavy atom. The number of hydrogen-bond acceptors (Lipinski definition) is 3. The molecule has 1 amide bonds. The first-order valence-corrected chi connectivity index (χ1v) is 5.83. The first-order valence-electron chi connectivity index (χ1n) is 5.83. The summed E-state index contributed by atoms with van der Waals surface area (Å²) in [6, 6.07) is 5.66. The van der Waals surface area contributed by atoms with E-state index in [1.807, 2.05) is 6.92 Å². The van der Waals surface area contributed by atoms with E-state index >= 15 is 0 Å². The van der Waals surface area contributed by atoms with Gasteiger partial charge in [-0.3, -0.25) is 9.89 Å². The Morgan fingerprint density at radius 1 is 1.42 bits per heavy atom. The molecule has 0 radical (unpaired) electrons. The van der Waals surface area contributed by atoms with Crippen LogP contribution in [0, 0.1) is 12.7 Å². The summed E-state index contributed by atoms with van der Waals surface area (Å²) in [5.74, 6) is 0.632. The van der Waals surface area contributed by atoms with Crippen LogP contribution in [0.2, 0.25) is 0 Å². The molecule has 0 fully saturated rings. The number of nitrogens with one attached hydrogen (secondary N) is 2. The molecule has 2 N–H and O–H groups in total. The van der Waals surface area contributed by atoms with E-state index in [9.17, 15) is 9.18 Å². The molecule has 2 aromatic rings. The van der Waals surface area contributed by atoms with Crippen LogP contribution in [0.25, 0.3) is 0 Å². The van der Waals surface area contributed by atoms with Crippen LogP contribution in [0.1, 0.15) is 12.0 Å². The number of amides is 1. The van der Waals surface area contributed by atoms with Crippen molar-refractivity contribution in [2.75, 3.05) is 11.9 Å². The second-order valence-corrected chi connectivity index (χ2v) is 4.03. The molecular weight excluding hydrogens is 249 g/mol. The van der Waals surface area contributed by atoms with Crippen LogP contribution >= 0.6 is 0 Å².